The number of nitrogens with one attached hydrogen (secondary N) is 1. The Balaban J connectivity index is 2.49. The monoisotopic (exact) mass is 560 g/mol. The number of halogens is 3. The van der Waals surface area contributed by atoms with Crippen LogP contribution in [0.2, 0.25) is 10.0 Å². The van der Waals surface area contributed by atoms with Crippen LogP contribution in [-0.2, 0) is 26.3 Å². The van der Waals surface area contributed by atoms with Crippen molar-refractivity contribution in [1.82, 2.24) is 14.5 Å². The van der Waals surface area contributed by atoms with Gasteiger partial charge < -0.3 is 10.2 Å². The third kappa shape index (κ3) is 7.32. The Hall–Kier alpha value is -2.40. The van der Waals surface area contributed by atoms with Crippen LogP contribution in [0.3, 0.4) is 0 Å². The third-order valence-corrected chi connectivity index (χ3v) is 8.04. The number of nitrogens with zero attached hydrogens (tertiary/aromatic N) is 3. The summed E-state index contributed by atoms with van der Waals surface area (Å²) in [5.41, 5.74) is 0.102. The van der Waals surface area contributed by atoms with Crippen molar-refractivity contribution < 1.29 is 22.4 Å². The Morgan fingerprint density at radius 3 is 2.22 bits per heavy atom. The highest BCUT2D eigenvalue weighted by atomic mass is 35.5. The van der Waals surface area contributed by atoms with Gasteiger partial charge in [0.15, 0.2) is 0 Å². The Bertz CT molecular complexity index is 1160. The quantitative estimate of drug-likeness (QED) is 0.396. The van der Waals surface area contributed by atoms with Crippen LogP contribution in [-0.4, -0.2) is 62.7 Å². The van der Waals surface area contributed by atoms with Crippen LogP contribution in [0, 0.1) is 5.82 Å². The summed E-state index contributed by atoms with van der Waals surface area (Å²) in [6, 6.07) is 9.08. The largest absolute Gasteiger partial charge is 0.354 e. The van der Waals surface area contributed by atoms with Gasteiger partial charge in [-0.05, 0) is 37.6 Å². The maximum atomic E-state index is 14.6. The zero-order chi connectivity index (χ0) is 27.0. The van der Waals surface area contributed by atoms with E-state index in [0.29, 0.717) is 16.4 Å². The minimum atomic E-state index is -4.27. The normalized spacial score (nSPS) is 12.3. The van der Waals surface area contributed by atoms with Crippen LogP contribution in [0.15, 0.2) is 42.5 Å². The zero-order valence-electron chi connectivity index (χ0n) is 20.7. The minimum absolute atomic E-state index is 0.160. The summed E-state index contributed by atoms with van der Waals surface area (Å²) in [5.74, 6) is -1.98. The van der Waals surface area contributed by atoms with Crippen LogP contribution < -0.4 is 9.62 Å². The number of rotatable bonds is 12. The molecule has 36 heavy (non-hydrogen) atoms. The molecule has 0 heterocycles. The molecular weight excluding hydrogens is 530 g/mol. The second kappa shape index (κ2) is 13.2. The molecule has 0 aromatic heterocycles. The van der Waals surface area contributed by atoms with Gasteiger partial charge in [0.05, 0.1) is 5.69 Å². The van der Waals surface area contributed by atoms with E-state index in [4.69, 9.17) is 23.2 Å². The van der Waals surface area contributed by atoms with E-state index in [2.05, 4.69) is 5.32 Å². The highest BCUT2D eigenvalue weighted by Gasteiger charge is 2.34. The predicted molar refractivity (Wildman–Crippen MR) is 141 cm³/mol. The van der Waals surface area contributed by atoms with Crippen molar-refractivity contribution in [2.24, 2.45) is 0 Å². The van der Waals surface area contributed by atoms with E-state index in [0.717, 1.165) is 23.2 Å². The first-order chi connectivity index (χ1) is 16.9. The topological polar surface area (TPSA) is 90.0 Å². The number of anilines is 1. The van der Waals surface area contributed by atoms with E-state index < -0.39 is 40.4 Å². The molecule has 1 N–H and O–H groups in total. The van der Waals surface area contributed by atoms with Crippen molar-refractivity contribution in [2.75, 3.05) is 31.5 Å². The van der Waals surface area contributed by atoms with E-state index in [1.807, 2.05) is 6.92 Å². The lowest BCUT2D eigenvalue weighted by molar-refractivity contribution is -0.139. The molecule has 2 amide bonds. The maximum Gasteiger partial charge on any atom is 0.304 e. The van der Waals surface area contributed by atoms with E-state index in [1.54, 1.807) is 18.2 Å². The fourth-order valence-electron chi connectivity index (χ4n) is 3.33. The molecule has 0 aliphatic carbocycles. The molecule has 0 unspecified atom stereocenters. The zero-order valence-corrected chi connectivity index (χ0v) is 23.0. The second-order valence-corrected chi connectivity index (χ2v) is 11.2. The van der Waals surface area contributed by atoms with Crippen LogP contribution in [0.4, 0.5) is 10.1 Å². The molecule has 2 aromatic carbocycles. The second-order valence-electron chi connectivity index (χ2n) is 8.29. The SMILES string of the molecule is CCCCNC(=O)[C@H](C)N(Cc1c(Cl)cccc1Cl)C(=O)CN(c1ccccc1F)S(=O)(=O)N(C)C. The maximum absolute atomic E-state index is 14.6. The summed E-state index contributed by atoms with van der Waals surface area (Å²) in [7, 11) is -1.72. The summed E-state index contributed by atoms with van der Waals surface area (Å²) in [4.78, 5) is 27.7. The molecular formula is C24H31Cl2FN4O4S. The van der Waals surface area contributed by atoms with Gasteiger partial charge >= 0.3 is 10.2 Å². The molecule has 0 aliphatic rings. The lowest BCUT2D eigenvalue weighted by Gasteiger charge is -2.33. The molecule has 0 saturated heterocycles. The van der Waals surface area contributed by atoms with Gasteiger partial charge in [0.2, 0.25) is 11.8 Å². The van der Waals surface area contributed by atoms with Gasteiger partial charge in [-0.2, -0.15) is 12.7 Å². The number of carbonyl (C=O) groups is 2. The average molecular weight is 562 g/mol. The van der Waals surface area contributed by atoms with Crippen LogP contribution in [0.5, 0.6) is 0 Å². The van der Waals surface area contributed by atoms with Gasteiger partial charge in [0.25, 0.3) is 0 Å². The van der Waals surface area contributed by atoms with Crippen LogP contribution >= 0.6 is 23.2 Å². The smallest absolute Gasteiger partial charge is 0.304 e. The first kappa shape index (κ1) is 29.8. The molecule has 12 heteroatoms. The molecule has 0 fully saturated rings. The van der Waals surface area contributed by atoms with Gasteiger partial charge in [-0.1, -0.05) is 54.7 Å². The highest BCUT2D eigenvalue weighted by molar-refractivity contribution is 7.90. The minimum Gasteiger partial charge on any atom is -0.354 e. The lowest BCUT2D eigenvalue weighted by atomic mass is 10.1. The summed E-state index contributed by atoms with van der Waals surface area (Å²) >= 11 is 12.6. The fraction of sp³-hybridized carbons (Fsp3) is 0.417. The molecule has 0 saturated carbocycles. The number of benzene rings is 2. The molecule has 0 spiro atoms. The summed E-state index contributed by atoms with van der Waals surface area (Å²) in [6.07, 6.45) is 1.62. The molecule has 2 rings (SSSR count). The van der Waals surface area contributed by atoms with Gasteiger partial charge in [-0.3, -0.25) is 9.59 Å². The lowest BCUT2D eigenvalue weighted by Crippen LogP contribution is -2.52. The van der Waals surface area contributed by atoms with E-state index >= 15 is 0 Å². The van der Waals surface area contributed by atoms with Crippen molar-refractivity contribution in [1.29, 1.82) is 0 Å². The standard InChI is InChI=1S/C24H31Cl2FN4O4S/c1-5-6-14-28-24(33)17(2)30(15-18-19(25)10-9-11-20(18)26)23(32)16-31(36(34,35)29(3)4)22-13-8-7-12-21(22)27/h7-13,17H,5-6,14-16H2,1-4H3,(H,28,33)/t17-/m0/s1. The Kier molecular flexibility index (Phi) is 11.0. The molecule has 0 bridgehead atoms. The first-order valence-electron chi connectivity index (χ1n) is 11.4. The van der Waals surface area contributed by atoms with Gasteiger partial charge in [-0.25, -0.2) is 8.70 Å². The summed E-state index contributed by atoms with van der Waals surface area (Å²) < 4.78 is 42.4. The van der Waals surface area contributed by atoms with Crippen molar-refractivity contribution in [2.45, 2.75) is 39.3 Å². The first-order valence-corrected chi connectivity index (χ1v) is 13.5. The molecule has 8 nitrogen and oxygen atoms in total. The highest BCUT2D eigenvalue weighted by Crippen LogP contribution is 2.28. The number of hydrogen-bond donors (Lipinski definition) is 1. The molecule has 1 atom stereocenters. The van der Waals surface area contributed by atoms with Gasteiger partial charge in [0, 0.05) is 42.8 Å². The third-order valence-electron chi connectivity index (χ3n) is 5.53. The number of unbranched alkanes of at least 4 members (excludes halogenated alkanes) is 1. The number of carbonyl (C=O) groups excluding carboxylic acids is 2. The number of para-hydroxylation sites is 1. The molecule has 2 aromatic rings. The van der Waals surface area contributed by atoms with Crippen molar-refractivity contribution >= 4 is 50.9 Å². The van der Waals surface area contributed by atoms with E-state index in [-0.39, 0.29) is 22.3 Å². The fourth-order valence-corrected chi connectivity index (χ4v) is 4.91. The van der Waals surface area contributed by atoms with Crippen molar-refractivity contribution in [3.05, 3.63) is 63.9 Å². The van der Waals surface area contributed by atoms with Crippen LogP contribution in [0.25, 0.3) is 0 Å². The summed E-state index contributed by atoms with van der Waals surface area (Å²) in [5, 5.41) is 3.34. The summed E-state index contributed by atoms with van der Waals surface area (Å²) in [6.45, 7) is 3.01. The van der Waals surface area contributed by atoms with Gasteiger partial charge in [0.1, 0.15) is 18.4 Å². The predicted octanol–water partition coefficient (Wildman–Crippen LogP) is 4.08. The van der Waals surface area contributed by atoms with Crippen LogP contribution in [0.1, 0.15) is 32.3 Å². The Labute approximate surface area is 222 Å². The number of hydrogen-bond acceptors (Lipinski definition) is 4. The van der Waals surface area contributed by atoms with Crippen molar-refractivity contribution in [3.8, 4) is 0 Å². The van der Waals surface area contributed by atoms with E-state index in [1.165, 1.54) is 44.1 Å². The Morgan fingerprint density at radius 2 is 1.67 bits per heavy atom. The van der Waals surface area contributed by atoms with Crippen molar-refractivity contribution in [3.63, 3.8) is 0 Å². The Morgan fingerprint density at radius 1 is 1.06 bits per heavy atom. The van der Waals surface area contributed by atoms with Gasteiger partial charge in [-0.15, -0.1) is 0 Å². The molecule has 198 valence electrons. The van der Waals surface area contributed by atoms with E-state index in [9.17, 15) is 22.4 Å². The molecule has 0 radical (unpaired) electrons. The molecule has 0 aliphatic heterocycles. The average Bonchev–Trinajstić information content (AvgIpc) is 2.82. The number of amides is 2.